The Morgan fingerprint density at radius 1 is 1.26 bits per heavy atom. The highest BCUT2D eigenvalue weighted by molar-refractivity contribution is 5.29. The molecule has 2 aliphatic rings. The van der Waals surface area contributed by atoms with Gasteiger partial charge in [0.2, 0.25) is 0 Å². The molecule has 0 bridgehead atoms. The second kappa shape index (κ2) is 5.61. The van der Waals surface area contributed by atoms with E-state index in [0.29, 0.717) is 6.61 Å². The van der Waals surface area contributed by atoms with Gasteiger partial charge in [-0.2, -0.15) is 0 Å². The Kier molecular flexibility index (Phi) is 3.87. The number of hydrogen-bond acceptors (Lipinski definition) is 3. The molecular formula is C16H23NO2. The zero-order chi connectivity index (χ0) is 13.1. The predicted molar refractivity (Wildman–Crippen MR) is 75.0 cm³/mol. The molecule has 1 aromatic rings. The zero-order valence-corrected chi connectivity index (χ0v) is 11.5. The number of fused-ring (bicyclic) bond motifs is 1. The molecule has 2 aliphatic heterocycles. The summed E-state index contributed by atoms with van der Waals surface area (Å²) in [7, 11) is 0. The molecule has 1 saturated heterocycles. The smallest absolute Gasteiger partial charge is 0.0556 e. The number of nitrogens with zero attached hydrogens (tertiary/aromatic N) is 1. The van der Waals surface area contributed by atoms with E-state index >= 15 is 0 Å². The number of hydrogen-bond donors (Lipinski definition) is 1. The minimum atomic E-state index is -0.0372. The average Bonchev–Trinajstić information content (AvgIpc) is 2.48. The third kappa shape index (κ3) is 2.83. The van der Waals surface area contributed by atoms with Gasteiger partial charge in [0.25, 0.3) is 0 Å². The van der Waals surface area contributed by atoms with Gasteiger partial charge in [-0.05, 0) is 30.4 Å². The highest BCUT2D eigenvalue weighted by Gasteiger charge is 2.35. The van der Waals surface area contributed by atoms with Crippen LogP contribution in [0.3, 0.4) is 0 Å². The standard InChI is InChI=1S/C16H23NO2/c18-12-16(7-3-9-19-13-16)11-17-8-6-14-4-1-2-5-15(14)10-17/h1-2,4-5,18H,3,6-13H2. The highest BCUT2D eigenvalue weighted by Crippen LogP contribution is 2.31. The third-order valence-corrected chi connectivity index (χ3v) is 4.51. The van der Waals surface area contributed by atoms with E-state index in [0.717, 1.165) is 45.5 Å². The van der Waals surface area contributed by atoms with Gasteiger partial charge in [-0.25, -0.2) is 0 Å². The van der Waals surface area contributed by atoms with Crippen LogP contribution in [0.5, 0.6) is 0 Å². The first-order chi connectivity index (χ1) is 9.31. The van der Waals surface area contributed by atoms with E-state index in [1.807, 2.05) is 0 Å². The van der Waals surface area contributed by atoms with Gasteiger partial charge in [0.1, 0.15) is 0 Å². The largest absolute Gasteiger partial charge is 0.396 e. The van der Waals surface area contributed by atoms with Crippen LogP contribution in [0.2, 0.25) is 0 Å². The summed E-state index contributed by atoms with van der Waals surface area (Å²) in [5, 5.41) is 9.76. The molecule has 19 heavy (non-hydrogen) atoms. The van der Waals surface area contributed by atoms with E-state index in [1.165, 1.54) is 11.1 Å². The van der Waals surface area contributed by atoms with Crippen LogP contribution in [0, 0.1) is 5.41 Å². The molecule has 1 fully saturated rings. The van der Waals surface area contributed by atoms with Crippen molar-refractivity contribution in [1.82, 2.24) is 4.90 Å². The predicted octanol–water partition coefficient (Wildman–Crippen LogP) is 1.83. The Balaban J connectivity index is 1.68. The minimum absolute atomic E-state index is 0.0372. The molecule has 3 rings (SSSR count). The van der Waals surface area contributed by atoms with Gasteiger partial charge in [0.15, 0.2) is 0 Å². The van der Waals surface area contributed by atoms with Crippen molar-refractivity contribution in [3.63, 3.8) is 0 Å². The molecule has 1 N–H and O–H groups in total. The number of aliphatic hydroxyl groups excluding tert-OH is 1. The molecular weight excluding hydrogens is 238 g/mol. The Bertz CT molecular complexity index is 427. The van der Waals surface area contributed by atoms with Crippen LogP contribution < -0.4 is 0 Å². The van der Waals surface area contributed by atoms with Crippen molar-refractivity contribution in [3.05, 3.63) is 35.4 Å². The molecule has 104 valence electrons. The quantitative estimate of drug-likeness (QED) is 0.901. The van der Waals surface area contributed by atoms with Crippen molar-refractivity contribution >= 4 is 0 Å². The Morgan fingerprint density at radius 3 is 2.84 bits per heavy atom. The normalized spacial score (nSPS) is 28.1. The first kappa shape index (κ1) is 13.1. The monoisotopic (exact) mass is 261 g/mol. The number of aliphatic hydroxyl groups is 1. The Labute approximate surface area is 115 Å². The van der Waals surface area contributed by atoms with Crippen LogP contribution in [0.25, 0.3) is 0 Å². The van der Waals surface area contributed by atoms with E-state index in [2.05, 4.69) is 29.2 Å². The Morgan fingerprint density at radius 2 is 2.11 bits per heavy atom. The third-order valence-electron chi connectivity index (χ3n) is 4.51. The van der Waals surface area contributed by atoms with Crippen LogP contribution in [0.15, 0.2) is 24.3 Å². The lowest BCUT2D eigenvalue weighted by atomic mass is 9.82. The van der Waals surface area contributed by atoms with Crippen LogP contribution >= 0.6 is 0 Å². The van der Waals surface area contributed by atoms with Gasteiger partial charge in [-0.3, -0.25) is 4.90 Å². The number of rotatable bonds is 3. The molecule has 0 radical (unpaired) electrons. The van der Waals surface area contributed by atoms with Crippen molar-refractivity contribution in [2.45, 2.75) is 25.8 Å². The van der Waals surface area contributed by atoms with Crippen molar-refractivity contribution in [3.8, 4) is 0 Å². The first-order valence-electron chi connectivity index (χ1n) is 7.29. The van der Waals surface area contributed by atoms with Gasteiger partial charge < -0.3 is 9.84 Å². The summed E-state index contributed by atoms with van der Waals surface area (Å²) >= 11 is 0. The Hall–Kier alpha value is -0.900. The summed E-state index contributed by atoms with van der Waals surface area (Å²) in [4.78, 5) is 2.48. The summed E-state index contributed by atoms with van der Waals surface area (Å²) in [6.07, 6.45) is 3.28. The fraction of sp³-hybridized carbons (Fsp3) is 0.625. The summed E-state index contributed by atoms with van der Waals surface area (Å²) in [6, 6.07) is 8.70. The average molecular weight is 261 g/mol. The van der Waals surface area contributed by atoms with Crippen LogP contribution in [-0.2, 0) is 17.7 Å². The fourth-order valence-corrected chi connectivity index (χ4v) is 3.37. The maximum atomic E-state index is 9.76. The first-order valence-corrected chi connectivity index (χ1v) is 7.29. The van der Waals surface area contributed by atoms with Gasteiger partial charge in [-0.1, -0.05) is 24.3 Å². The summed E-state index contributed by atoms with van der Waals surface area (Å²) < 4.78 is 5.60. The van der Waals surface area contributed by atoms with Crippen LogP contribution in [-0.4, -0.2) is 42.9 Å². The molecule has 0 spiro atoms. The second-order valence-corrected chi connectivity index (χ2v) is 6.04. The van der Waals surface area contributed by atoms with E-state index < -0.39 is 0 Å². The second-order valence-electron chi connectivity index (χ2n) is 6.04. The lowest BCUT2D eigenvalue weighted by Crippen LogP contribution is -2.46. The molecule has 1 aromatic carbocycles. The van der Waals surface area contributed by atoms with Gasteiger partial charge >= 0.3 is 0 Å². The molecule has 0 saturated carbocycles. The molecule has 0 amide bonds. The van der Waals surface area contributed by atoms with E-state index in [9.17, 15) is 5.11 Å². The van der Waals surface area contributed by atoms with Crippen molar-refractivity contribution in [2.24, 2.45) is 5.41 Å². The van der Waals surface area contributed by atoms with Gasteiger partial charge in [0, 0.05) is 31.7 Å². The van der Waals surface area contributed by atoms with Crippen LogP contribution in [0.4, 0.5) is 0 Å². The zero-order valence-electron chi connectivity index (χ0n) is 11.5. The summed E-state index contributed by atoms with van der Waals surface area (Å²) in [6.45, 7) is 4.87. The fourth-order valence-electron chi connectivity index (χ4n) is 3.37. The van der Waals surface area contributed by atoms with Crippen molar-refractivity contribution in [1.29, 1.82) is 0 Å². The summed E-state index contributed by atoms with van der Waals surface area (Å²) in [5.41, 5.74) is 2.89. The molecule has 0 aliphatic carbocycles. The molecule has 1 atom stereocenters. The topological polar surface area (TPSA) is 32.7 Å². The highest BCUT2D eigenvalue weighted by atomic mass is 16.5. The van der Waals surface area contributed by atoms with Gasteiger partial charge in [0.05, 0.1) is 13.2 Å². The molecule has 2 heterocycles. The minimum Gasteiger partial charge on any atom is -0.396 e. The lowest BCUT2D eigenvalue weighted by molar-refractivity contribution is -0.0571. The number of ether oxygens (including phenoxy) is 1. The maximum absolute atomic E-state index is 9.76. The van der Waals surface area contributed by atoms with E-state index in [4.69, 9.17) is 4.74 Å². The van der Waals surface area contributed by atoms with Crippen LogP contribution in [0.1, 0.15) is 24.0 Å². The maximum Gasteiger partial charge on any atom is 0.0556 e. The molecule has 1 unspecified atom stereocenters. The lowest BCUT2D eigenvalue weighted by Gasteiger charge is -2.41. The molecule has 0 aromatic heterocycles. The van der Waals surface area contributed by atoms with Gasteiger partial charge in [-0.15, -0.1) is 0 Å². The molecule has 3 nitrogen and oxygen atoms in total. The van der Waals surface area contributed by atoms with Crippen molar-refractivity contribution in [2.75, 3.05) is 32.9 Å². The number of benzene rings is 1. The van der Waals surface area contributed by atoms with Crippen molar-refractivity contribution < 1.29 is 9.84 Å². The van der Waals surface area contributed by atoms with E-state index in [-0.39, 0.29) is 12.0 Å². The SMILES string of the molecule is OCC1(CN2CCc3ccccc3C2)CCCOC1. The van der Waals surface area contributed by atoms with E-state index in [1.54, 1.807) is 0 Å². The molecule has 3 heteroatoms. The summed E-state index contributed by atoms with van der Waals surface area (Å²) in [5.74, 6) is 0.